The molecule has 0 aliphatic carbocycles. The Bertz CT molecular complexity index is 388. The summed E-state index contributed by atoms with van der Waals surface area (Å²) in [5.74, 6) is 0. The van der Waals surface area contributed by atoms with Gasteiger partial charge < -0.3 is 0 Å². The number of hydrogen-bond donors (Lipinski definition) is 0. The zero-order valence-corrected chi connectivity index (χ0v) is 7.20. The Morgan fingerprint density at radius 3 is 2.69 bits per heavy atom. The summed E-state index contributed by atoms with van der Waals surface area (Å²) in [7, 11) is 0. The molecule has 0 unspecified atom stereocenters. The van der Waals surface area contributed by atoms with Gasteiger partial charge in [0.25, 0.3) is 6.54 Å². The number of benzene rings is 1. The Morgan fingerprint density at radius 1 is 1.38 bits per heavy atom. The molecule has 0 fully saturated rings. The van der Waals surface area contributed by atoms with Gasteiger partial charge >= 0.3 is 6.07 Å². The van der Waals surface area contributed by atoms with Crippen molar-refractivity contribution in [2.75, 3.05) is 0 Å². The first-order chi connectivity index (χ1) is 6.33. The van der Waals surface area contributed by atoms with Crippen LogP contribution in [0.4, 0.5) is 0 Å². The van der Waals surface area contributed by atoms with Gasteiger partial charge in [-0.1, -0.05) is 41.8 Å². The molecule has 0 aromatic heterocycles. The van der Waals surface area contributed by atoms with Crippen molar-refractivity contribution in [1.82, 2.24) is 0 Å². The van der Waals surface area contributed by atoms with Crippen molar-refractivity contribution < 1.29 is 0 Å². The summed E-state index contributed by atoms with van der Waals surface area (Å²) in [5.41, 5.74) is 1.36. The Kier molecular flexibility index (Phi) is 3.30. The molecule has 0 aliphatic heterocycles. The van der Waals surface area contributed by atoms with E-state index in [1.54, 1.807) is 0 Å². The number of nitrogens with zero attached hydrogens (tertiary/aromatic N) is 2. The lowest BCUT2D eigenvalue weighted by Gasteiger charge is -1.83. The molecule has 1 rings (SSSR count). The van der Waals surface area contributed by atoms with E-state index in [9.17, 15) is 0 Å². The summed E-state index contributed by atoms with van der Waals surface area (Å²) in [6.07, 6.45) is 0. The van der Waals surface area contributed by atoms with E-state index in [1.807, 2.05) is 36.4 Å². The van der Waals surface area contributed by atoms with Crippen LogP contribution < -0.4 is 0 Å². The van der Waals surface area contributed by atoms with Crippen LogP contribution in [0, 0.1) is 17.4 Å². The Balaban J connectivity index is 2.57. The quantitative estimate of drug-likeness (QED) is 0.594. The van der Waals surface area contributed by atoms with E-state index in [2.05, 4.69) is 17.5 Å². The molecule has 0 radical (unpaired) electrons. The monoisotopic (exact) mass is 169 g/mol. The maximum absolute atomic E-state index is 8.36. The van der Waals surface area contributed by atoms with Crippen LogP contribution in [0.1, 0.15) is 5.56 Å². The highest BCUT2D eigenvalue weighted by atomic mass is 14.6. The van der Waals surface area contributed by atoms with Crippen LogP contribution in [-0.4, -0.2) is 0 Å². The number of hydrogen-bond acceptors (Lipinski definition) is 1. The summed E-state index contributed by atoms with van der Waals surface area (Å²) in [5, 5.41) is 8.36. The second-order valence-corrected chi connectivity index (χ2v) is 2.50. The smallest absolute Gasteiger partial charge is 0.191 e. The van der Waals surface area contributed by atoms with Gasteiger partial charge in [0.1, 0.15) is 6.07 Å². The summed E-state index contributed by atoms with van der Waals surface area (Å²) >= 11 is 0. The molecule has 0 bridgehead atoms. The highest BCUT2D eigenvalue weighted by molar-refractivity contribution is 5.35. The van der Waals surface area contributed by atoms with Crippen LogP contribution in [-0.2, 0) is 6.54 Å². The third-order valence-corrected chi connectivity index (χ3v) is 1.45. The fourth-order valence-corrected chi connectivity index (χ4v) is 0.835. The highest BCUT2D eigenvalue weighted by Crippen LogP contribution is 2.00. The van der Waals surface area contributed by atoms with Gasteiger partial charge in [0.15, 0.2) is 5.57 Å². The predicted molar refractivity (Wildman–Crippen MR) is 52.1 cm³/mol. The van der Waals surface area contributed by atoms with Crippen molar-refractivity contribution in [3.63, 3.8) is 0 Å². The Morgan fingerprint density at radius 2 is 2.08 bits per heavy atom. The van der Waals surface area contributed by atoms with Crippen molar-refractivity contribution in [2.45, 2.75) is 6.54 Å². The molecule has 0 aliphatic rings. The molecule has 1 aromatic carbocycles. The summed E-state index contributed by atoms with van der Waals surface area (Å²) in [4.78, 5) is 3.94. The van der Waals surface area contributed by atoms with Crippen molar-refractivity contribution >= 4 is 0 Å². The van der Waals surface area contributed by atoms with Gasteiger partial charge in [-0.25, -0.2) is 0 Å². The largest absolute Gasteiger partial charge is 0.322 e. The zero-order chi connectivity index (χ0) is 9.52. The lowest BCUT2D eigenvalue weighted by atomic mass is 10.2. The standard InChI is InChI=1S/C11H9N2/c1-10(7-12)8-13-9-11-5-3-2-4-6-11/h2-6H,1,9H2/q+1. The SMILES string of the molecule is C=C(C#N)C#[N+]Cc1ccccc1. The van der Waals surface area contributed by atoms with Crippen LogP contribution >= 0.6 is 0 Å². The van der Waals surface area contributed by atoms with Crippen LogP contribution in [0.5, 0.6) is 0 Å². The topological polar surface area (TPSA) is 28.1 Å². The average molecular weight is 169 g/mol. The van der Waals surface area contributed by atoms with E-state index >= 15 is 0 Å². The molecule has 0 atom stereocenters. The number of rotatable bonds is 1. The van der Waals surface area contributed by atoms with E-state index in [-0.39, 0.29) is 5.57 Å². The third kappa shape index (κ3) is 3.22. The van der Waals surface area contributed by atoms with Gasteiger partial charge in [0.05, 0.1) is 0 Å². The number of nitriles is 1. The minimum atomic E-state index is 0.260. The molecular formula is C11H9N2+. The molecule has 0 N–H and O–H groups in total. The van der Waals surface area contributed by atoms with Crippen molar-refractivity contribution in [1.29, 1.82) is 5.26 Å². The van der Waals surface area contributed by atoms with Crippen LogP contribution in [0.2, 0.25) is 0 Å². The van der Waals surface area contributed by atoms with Gasteiger partial charge in [0.2, 0.25) is 0 Å². The van der Waals surface area contributed by atoms with Gasteiger partial charge in [-0.05, 0) is 0 Å². The van der Waals surface area contributed by atoms with E-state index in [4.69, 9.17) is 5.26 Å². The fraction of sp³-hybridized carbons (Fsp3) is 0.0909. The highest BCUT2D eigenvalue weighted by Gasteiger charge is 1.96. The van der Waals surface area contributed by atoms with Crippen LogP contribution in [0.3, 0.4) is 0 Å². The average Bonchev–Trinajstić information content (AvgIpc) is 2.19. The van der Waals surface area contributed by atoms with Crippen molar-refractivity contribution in [3.8, 4) is 12.1 Å². The molecule has 2 heteroatoms. The molecular weight excluding hydrogens is 160 g/mol. The van der Waals surface area contributed by atoms with E-state index in [0.717, 1.165) is 5.56 Å². The Labute approximate surface area is 77.6 Å². The van der Waals surface area contributed by atoms with Gasteiger partial charge in [-0.2, -0.15) is 5.26 Å². The van der Waals surface area contributed by atoms with Crippen LogP contribution in [0.25, 0.3) is 4.85 Å². The normalized spacial score (nSPS) is 7.92. The first-order valence-electron chi connectivity index (χ1n) is 3.88. The second kappa shape index (κ2) is 4.74. The summed E-state index contributed by atoms with van der Waals surface area (Å²) in [6, 6.07) is 14.2. The van der Waals surface area contributed by atoms with E-state index < -0.39 is 0 Å². The van der Waals surface area contributed by atoms with Crippen molar-refractivity contribution in [2.24, 2.45) is 0 Å². The van der Waals surface area contributed by atoms with Gasteiger partial charge in [0, 0.05) is 5.56 Å². The minimum Gasteiger partial charge on any atom is -0.191 e. The second-order valence-electron chi connectivity index (χ2n) is 2.50. The van der Waals surface area contributed by atoms with E-state index in [0.29, 0.717) is 6.54 Å². The van der Waals surface area contributed by atoms with E-state index in [1.165, 1.54) is 0 Å². The van der Waals surface area contributed by atoms with Crippen LogP contribution in [0.15, 0.2) is 42.5 Å². The molecule has 0 saturated heterocycles. The summed E-state index contributed by atoms with van der Waals surface area (Å²) < 4.78 is 0. The molecule has 2 nitrogen and oxygen atoms in total. The molecule has 0 heterocycles. The summed E-state index contributed by atoms with van der Waals surface area (Å²) in [6.45, 7) is 3.98. The minimum absolute atomic E-state index is 0.260. The third-order valence-electron chi connectivity index (χ3n) is 1.45. The first-order valence-corrected chi connectivity index (χ1v) is 3.88. The maximum Gasteiger partial charge on any atom is 0.322 e. The molecule has 13 heavy (non-hydrogen) atoms. The predicted octanol–water partition coefficient (Wildman–Crippen LogP) is 2.60. The Hall–Kier alpha value is -2.06. The molecule has 62 valence electrons. The first kappa shape index (κ1) is 9.03. The van der Waals surface area contributed by atoms with Gasteiger partial charge in [-0.3, -0.25) is 0 Å². The lowest BCUT2D eigenvalue weighted by Crippen LogP contribution is -1.76. The maximum atomic E-state index is 8.36. The lowest BCUT2D eigenvalue weighted by molar-refractivity contribution is 1.27. The molecule has 1 aromatic rings. The zero-order valence-electron chi connectivity index (χ0n) is 7.20. The van der Waals surface area contributed by atoms with Crippen molar-refractivity contribution in [3.05, 3.63) is 52.9 Å². The van der Waals surface area contributed by atoms with Gasteiger partial charge in [-0.15, -0.1) is 0 Å². The molecule has 0 amide bonds. The molecule has 0 saturated carbocycles. The molecule has 0 spiro atoms. The number of allylic oxidation sites excluding steroid dienone is 1. The fourth-order valence-electron chi connectivity index (χ4n) is 0.835.